The van der Waals surface area contributed by atoms with Gasteiger partial charge in [0.25, 0.3) is 0 Å². The molecule has 1 unspecified atom stereocenters. The standard InChI is InChI=1S/C9H12FNO/c1-6(10)8-4-7(5-11)2-3-9(8)12/h2-4,6,12H,5,11H2,1H3. The van der Waals surface area contributed by atoms with Crippen LogP contribution in [0.2, 0.25) is 0 Å². The van der Waals surface area contributed by atoms with E-state index in [0.717, 1.165) is 5.56 Å². The second-order valence-electron chi connectivity index (χ2n) is 2.71. The molecule has 0 fully saturated rings. The van der Waals surface area contributed by atoms with Crippen molar-refractivity contribution in [2.45, 2.75) is 19.6 Å². The van der Waals surface area contributed by atoms with Crippen molar-refractivity contribution >= 4 is 0 Å². The van der Waals surface area contributed by atoms with Crippen molar-refractivity contribution in [3.8, 4) is 5.75 Å². The summed E-state index contributed by atoms with van der Waals surface area (Å²) in [7, 11) is 0. The molecule has 0 aliphatic carbocycles. The van der Waals surface area contributed by atoms with Crippen LogP contribution in [0.4, 0.5) is 4.39 Å². The minimum Gasteiger partial charge on any atom is -0.508 e. The topological polar surface area (TPSA) is 46.2 Å². The van der Waals surface area contributed by atoms with Crippen molar-refractivity contribution in [3.63, 3.8) is 0 Å². The van der Waals surface area contributed by atoms with Crippen molar-refractivity contribution < 1.29 is 9.50 Å². The summed E-state index contributed by atoms with van der Waals surface area (Å²) in [6.07, 6.45) is -1.16. The number of benzene rings is 1. The number of aromatic hydroxyl groups is 1. The first-order valence-electron chi connectivity index (χ1n) is 3.81. The highest BCUT2D eigenvalue weighted by molar-refractivity contribution is 5.37. The lowest BCUT2D eigenvalue weighted by atomic mass is 10.1. The molecule has 1 atom stereocenters. The van der Waals surface area contributed by atoms with E-state index in [1.165, 1.54) is 13.0 Å². The van der Waals surface area contributed by atoms with Gasteiger partial charge in [-0.1, -0.05) is 6.07 Å². The van der Waals surface area contributed by atoms with Gasteiger partial charge in [0, 0.05) is 12.1 Å². The molecule has 66 valence electrons. The van der Waals surface area contributed by atoms with E-state index in [2.05, 4.69) is 0 Å². The van der Waals surface area contributed by atoms with Crippen molar-refractivity contribution in [1.29, 1.82) is 0 Å². The van der Waals surface area contributed by atoms with Crippen molar-refractivity contribution in [3.05, 3.63) is 29.3 Å². The Morgan fingerprint density at radius 3 is 2.75 bits per heavy atom. The molecule has 1 rings (SSSR count). The summed E-state index contributed by atoms with van der Waals surface area (Å²) in [5.41, 5.74) is 6.49. The highest BCUT2D eigenvalue weighted by Gasteiger charge is 2.08. The highest BCUT2D eigenvalue weighted by Crippen LogP contribution is 2.27. The van der Waals surface area contributed by atoms with Crippen molar-refractivity contribution in [2.24, 2.45) is 5.73 Å². The minimum atomic E-state index is -1.16. The normalized spacial score (nSPS) is 12.9. The third kappa shape index (κ3) is 1.74. The maximum absolute atomic E-state index is 12.8. The molecule has 2 nitrogen and oxygen atoms in total. The molecule has 1 aromatic rings. The number of phenols is 1. The fourth-order valence-electron chi connectivity index (χ4n) is 1.05. The van der Waals surface area contributed by atoms with Gasteiger partial charge in [-0.15, -0.1) is 0 Å². The first-order valence-corrected chi connectivity index (χ1v) is 3.81. The fraction of sp³-hybridized carbons (Fsp3) is 0.333. The van der Waals surface area contributed by atoms with E-state index in [0.29, 0.717) is 12.1 Å². The molecule has 0 aliphatic rings. The SMILES string of the molecule is CC(F)c1cc(CN)ccc1O. The lowest BCUT2D eigenvalue weighted by Gasteiger charge is -2.06. The lowest BCUT2D eigenvalue weighted by Crippen LogP contribution is -1.97. The van der Waals surface area contributed by atoms with Gasteiger partial charge in [-0.2, -0.15) is 0 Å². The van der Waals surface area contributed by atoms with Gasteiger partial charge < -0.3 is 10.8 Å². The number of alkyl halides is 1. The van der Waals surface area contributed by atoms with Crippen LogP contribution < -0.4 is 5.73 Å². The molecule has 0 aliphatic heterocycles. The Hall–Kier alpha value is -1.09. The van der Waals surface area contributed by atoms with E-state index in [-0.39, 0.29) is 5.75 Å². The van der Waals surface area contributed by atoms with Crippen molar-refractivity contribution in [2.75, 3.05) is 0 Å². The monoisotopic (exact) mass is 169 g/mol. The maximum Gasteiger partial charge on any atom is 0.126 e. The van der Waals surface area contributed by atoms with E-state index in [4.69, 9.17) is 5.73 Å². The summed E-state index contributed by atoms with van der Waals surface area (Å²) in [4.78, 5) is 0. The quantitative estimate of drug-likeness (QED) is 0.710. The summed E-state index contributed by atoms with van der Waals surface area (Å²) in [6.45, 7) is 1.75. The first-order chi connectivity index (χ1) is 5.65. The summed E-state index contributed by atoms with van der Waals surface area (Å²) in [5, 5.41) is 9.22. The number of nitrogens with two attached hydrogens (primary N) is 1. The summed E-state index contributed by atoms with van der Waals surface area (Å²) in [5.74, 6) is -0.0119. The van der Waals surface area contributed by atoms with Crippen LogP contribution in [0, 0.1) is 0 Å². The van der Waals surface area contributed by atoms with Gasteiger partial charge in [-0.05, 0) is 24.6 Å². The van der Waals surface area contributed by atoms with Gasteiger partial charge in [0.1, 0.15) is 11.9 Å². The van der Waals surface area contributed by atoms with Crippen LogP contribution in [-0.4, -0.2) is 5.11 Å². The Morgan fingerprint density at radius 2 is 2.25 bits per heavy atom. The third-order valence-corrected chi connectivity index (χ3v) is 1.76. The molecule has 1 aromatic carbocycles. The molecule has 0 bridgehead atoms. The Labute approximate surface area is 70.8 Å². The van der Waals surface area contributed by atoms with Gasteiger partial charge in [0.15, 0.2) is 0 Å². The summed E-state index contributed by atoms with van der Waals surface area (Å²) >= 11 is 0. The molecule has 0 saturated heterocycles. The van der Waals surface area contributed by atoms with E-state index in [1.807, 2.05) is 0 Å². The molecule has 0 spiro atoms. The zero-order valence-corrected chi connectivity index (χ0v) is 6.92. The number of phenolic OH excluding ortho intramolecular Hbond substituents is 1. The molecule has 3 heteroatoms. The lowest BCUT2D eigenvalue weighted by molar-refractivity contribution is 0.356. The molecule has 0 amide bonds. The Kier molecular flexibility index (Phi) is 2.65. The first kappa shape index (κ1) is 9.00. The van der Waals surface area contributed by atoms with E-state index in [9.17, 15) is 9.50 Å². The minimum absolute atomic E-state index is 0.0119. The number of halogens is 1. The van der Waals surface area contributed by atoms with Crippen LogP contribution in [-0.2, 0) is 6.54 Å². The smallest absolute Gasteiger partial charge is 0.126 e. The summed E-state index contributed by atoms with van der Waals surface area (Å²) in [6, 6.07) is 4.73. The predicted octanol–water partition coefficient (Wildman–Crippen LogP) is 1.88. The Balaban J connectivity index is 3.08. The van der Waals surface area contributed by atoms with Crippen LogP contribution in [0.5, 0.6) is 5.75 Å². The molecule has 0 heterocycles. The van der Waals surface area contributed by atoms with Crippen LogP contribution in [0.15, 0.2) is 18.2 Å². The van der Waals surface area contributed by atoms with Crippen LogP contribution in [0.1, 0.15) is 24.2 Å². The highest BCUT2D eigenvalue weighted by atomic mass is 19.1. The molecule has 0 saturated carbocycles. The zero-order chi connectivity index (χ0) is 9.14. The average Bonchev–Trinajstić information content (AvgIpc) is 2.05. The van der Waals surface area contributed by atoms with Crippen LogP contribution in [0.3, 0.4) is 0 Å². The van der Waals surface area contributed by atoms with Gasteiger partial charge >= 0.3 is 0 Å². The molecular weight excluding hydrogens is 157 g/mol. The third-order valence-electron chi connectivity index (χ3n) is 1.76. The van der Waals surface area contributed by atoms with E-state index in [1.54, 1.807) is 12.1 Å². The molecule has 0 aromatic heterocycles. The van der Waals surface area contributed by atoms with Gasteiger partial charge in [-0.25, -0.2) is 4.39 Å². The van der Waals surface area contributed by atoms with Crippen LogP contribution >= 0.6 is 0 Å². The van der Waals surface area contributed by atoms with Crippen molar-refractivity contribution in [1.82, 2.24) is 0 Å². The molecular formula is C9H12FNO. The molecule has 12 heavy (non-hydrogen) atoms. The second kappa shape index (κ2) is 3.54. The summed E-state index contributed by atoms with van der Waals surface area (Å²) < 4.78 is 12.8. The Bertz CT molecular complexity index is 273. The zero-order valence-electron chi connectivity index (χ0n) is 6.92. The van der Waals surface area contributed by atoms with Crippen LogP contribution in [0.25, 0.3) is 0 Å². The van der Waals surface area contributed by atoms with E-state index < -0.39 is 6.17 Å². The van der Waals surface area contributed by atoms with Gasteiger partial charge in [0.2, 0.25) is 0 Å². The number of hydrogen-bond acceptors (Lipinski definition) is 2. The molecule has 3 N–H and O–H groups in total. The Morgan fingerprint density at radius 1 is 1.58 bits per heavy atom. The number of hydrogen-bond donors (Lipinski definition) is 2. The number of rotatable bonds is 2. The largest absolute Gasteiger partial charge is 0.508 e. The fourth-order valence-corrected chi connectivity index (χ4v) is 1.05. The maximum atomic E-state index is 12.8. The second-order valence-corrected chi connectivity index (χ2v) is 2.71. The molecule has 0 radical (unpaired) electrons. The van der Waals surface area contributed by atoms with Gasteiger partial charge in [0.05, 0.1) is 0 Å². The van der Waals surface area contributed by atoms with E-state index >= 15 is 0 Å². The average molecular weight is 169 g/mol. The van der Waals surface area contributed by atoms with Gasteiger partial charge in [-0.3, -0.25) is 0 Å². The predicted molar refractivity (Wildman–Crippen MR) is 45.5 cm³/mol.